The predicted octanol–water partition coefficient (Wildman–Crippen LogP) is 3.79. The third-order valence-electron chi connectivity index (χ3n) is 5.64. The quantitative estimate of drug-likeness (QED) is 0.491. The molecular weight excluding hydrogens is 422 g/mol. The molecule has 1 fully saturated rings. The van der Waals surface area contributed by atoms with Crippen molar-refractivity contribution in [1.82, 2.24) is 19.8 Å². The third-order valence-corrected chi connectivity index (χ3v) is 7.23. The molecule has 5 nitrogen and oxygen atoms in total. The lowest BCUT2D eigenvalue weighted by atomic mass is 10.2. The van der Waals surface area contributed by atoms with Crippen LogP contribution in [0, 0.1) is 6.92 Å². The van der Waals surface area contributed by atoms with Gasteiger partial charge in [-0.05, 0) is 51.3 Å². The first-order valence-corrected chi connectivity index (χ1v) is 11.6. The smallest absolute Gasteiger partial charge is 0.225 e. The fourth-order valence-electron chi connectivity index (χ4n) is 4.11. The Balaban J connectivity index is 0.00000240. The Morgan fingerprint density at radius 3 is 2.52 bits per heavy atom. The summed E-state index contributed by atoms with van der Waals surface area (Å²) in [6.45, 7) is 9.78. The standard InChI is InChI=1S/C21H29N5S2.ClH/c1-17-16-18-19(28-17)6-4-11-25(20(18)27)10-3-2-9-24-12-14-26(15-13-24)21-22-7-5-8-23-21;/h5,7-8,16H,2-4,6,9-15H2,1H3;1H. The van der Waals surface area contributed by atoms with E-state index in [0.717, 1.165) is 50.2 Å². The van der Waals surface area contributed by atoms with Crippen LogP contribution in [0.2, 0.25) is 0 Å². The number of aromatic nitrogens is 2. The van der Waals surface area contributed by atoms with E-state index in [4.69, 9.17) is 12.2 Å². The molecule has 0 unspecified atom stereocenters. The number of nitrogens with zero attached hydrogens (tertiary/aromatic N) is 5. The van der Waals surface area contributed by atoms with Gasteiger partial charge in [0.1, 0.15) is 4.99 Å². The van der Waals surface area contributed by atoms with Gasteiger partial charge in [-0.3, -0.25) is 4.90 Å². The number of thiophene rings is 1. The third kappa shape index (κ3) is 5.66. The van der Waals surface area contributed by atoms with Crippen molar-refractivity contribution in [3.05, 3.63) is 39.8 Å². The molecule has 29 heavy (non-hydrogen) atoms. The Morgan fingerprint density at radius 1 is 1.03 bits per heavy atom. The number of aryl methyl sites for hydroxylation is 2. The summed E-state index contributed by atoms with van der Waals surface area (Å²) in [6, 6.07) is 4.16. The van der Waals surface area contributed by atoms with Crippen LogP contribution < -0.4 is 4.90 Å². The molecule has 0 aromatic carbocycles. The van der Waals surface area contributed by atoms with Crippen molar-refractivity contribution in [3.8, 4) is 0 Å². The Bertz CT molecular complexity index is 790. The number of hydrogen-bond acceptors (Lipinski definition) is 6. The molecule has 0 radical (unpaired) electrons. The monoisotopic (exact) mass is 451 g/mol. The highest BCUT2D eigenvalue weighted by Crippen LogP contribution is 2.28. The zero-order valence-corrected chi connectivity index (χ0v) is 19.5. The average Bonchev–Trinajstić information content (AvgIpc) is 3.04. The minimum atomic E-state index is 0. The topological polar surface area (TPSA) is 35.5 Å². The van der Waals surface area contributed by atoms with Crippen molar-refractivity contribution in [2.24, 2.45) is 0 Å². The summed E-state index contributed by atoms with van der Waals surface area (Å²) in [7, 11) is 0. The largest absolute Gasteiger partial charge is 0.362 e. The fraction of sp³-hybridized carbons (Fsp3) is 0.571. The molecule has 2 aliphatic rings. The minimum absolute atomic E-state index is 0. The van der Waals surface area contributed by atoms with Crippen molar-refractivity contribution in [2.75, 3.05) is 50.7 Å². The highest BCUT2D eigenvalue weighted by Gasteiger charge is 2.21. The Labute approximate surface area is 189 Å². The second-order valence-electron chi connectivity index (χ2n) is 7.67. The van der Waals surface area contributed by atoms with Crippen molar-refractivity contribution in [3.63, 3.8) is 0 Å². The molecule has 4 rings (SSSR count). The minimum Gasteiger partial charge on any atom is -0.362 e. The van der Waals surface area contributed by atoms with Crippen LogP contribution in [0.3, 0.4) is 0 Å². The van der Waals surface area contributed by atoms with Gasteiger partial charge in [-0.2, -0.15) is 0 Å². The molecular formula is C21H30ClN5S2. The highest BCUT2D eigenvalue weighted by molar-refractivity contribution is 7.80. The van der Waals surface area contributed by atoms with E-state index in [1.165, 1.54) is 47.5 Å². The van der Waals surface area contributed by atoms with E-state index in [1.54, 1.807) is 0 Å². The normalized spacial score (nSPS) is 17.6. The van der Waals surface area contributed by atoms with E-state index < -0.39 is 0 Å². The van der Waals surface area contributed by atoms with Crippen molar-refractivity contribution >= 4 is 46.9 Å². The number of rotatable bonds is 6. The number of halogens is 1. The van der Waals surface area contributed by atoms with Gasteiger partial charge in [0, 0.05) is 67.0 Å². The number of unbranched alkanes of at least 4 members (excludes halogenated alkanes) is 1. The maximum atomic E-state index is 5.82. The van der Waals surface area contributed by atoms with Gasteiger partial charge in [0.2, 0.25) is 5.95 Å². The summed E-state index contributed by atoms with van der Waals surface area (Å²) in [4.78, 5) is 20.0. The molecule has 2 aromatic heterocycles. The van der Waals surface area contributed by atoms with Crippen molar-refractivity contribution in [2.45, 2.75) is 32.6 Å². The van der Waals surface area contributed by atoms with Gasteiger partial charge in [-0.25, -0.2) is 9.97 Å². The van der Waals surface area contributed by atoms with Gasteiger partial charge < -0.3 is 9.80 Å². The van der Waals surface area contributed by atoms with Crippen LogP contribution >= 0.6 is 36.0 Å². The van der Waals surface area contributed by atoms with Crippen LogP contribution in [0.25, 0.3) is 0 Å². The Hall–Kier alpha value is -1.28. The lowest BCUT2D eigenvalue weighted by molar-refractivity contribution is 0.248. The number of hydrogen-bond donors (Lipinski definition) is 0. The first-order chi connectivity index (χ1) is 13.7. The SMILES string of the molecule is Cc1cc2c(s1)CCCN(CCCCN1CCN(c3ncccn3)CC1)C2=S.Cl. The van der Waals surface area contributed by atoms with Gasteiger partial charge in [-0.15, -0.1) is 23.7 Å². The first-order valence-electron chi connectivity index (χ1n) is 10.3. The van der Waals surface area contributed by atoms with Gasteiger partial charge in [0.25, 0.3) is 0 Å². The van der Waals surface area contributed by atoms with Gasteiger partial charge in [0.15, 0.2) is 0 Å². The van der Waals surface area contributed by atoms with E-state index in [0.29, 0.717) is 0 Å². The molecule has 158 valence electrons. The van der Waals surface area contributed by atoms with E-state index >= 15 is 0 Å². The van der Waals surface area contributed by atoms with Crippen LogP contribution in [-0.2, 0) is 6.42 Å². The zero-order valence-electron chi connectivity index (χ0n) is 17.0. The summed E-state index contributed by atoms with van der Waals surface area (Å²) in [5, 5.41) is 0. The molecule has 2 aromatic rings. The molecule has 0 bridgehead atoms. The van der Waals surface area contributed by atoms with E-state index in [-0.39, 0.29) is 12.4 Å². The number of piperazine rings is 1. The number of anilines is 1. The maximum absolute atomic E-state index is 5.82. The molecule has 4 heterocycles. The molecule has 0 amide bonds. The zero-order chi connectivity index (χ0) is 19.3. The second kappa shape index (κ2) is 10.7. The van der Waals surface area contributed by atoms with Crippen LogP contribution in [0.4, 0.5) is 5.95 Å². The lowest BCUT2D eigenvalue weighted by Crippen LogP contribution is -2.47. The van der Waals surface area contributed by atoms with E-state index in [1.807, 2.05) is 29.8 Å². The molecule has 0 saturated carbocycles. The number of fused-ring (bicyclic) bond motifs is 1. The molecule has 2 aliphatic heterocycles. The second-order valence-corrected chi connectivity index (χ2v) is 9.40. The average molecular weight is 452 g/mol. The van der Waals surface area contributed by atoms with Crippen LogP contribution in [0.15, 0.2) is 24.5 Å². The van der Waals surface area contributed by atoms with Gasteiger partial charge in [0.05, 0.1) is 0 Å². The molecule has 1 saturated heterocycles. The predicted molar refractivity (Wildman–Crippen MR) is 128 cm³/mol. The summed E-state index contributed by atoms with van der Waals surface area (Å²) in [5.74, 6) is 0.861. The highest BCUT2D eigenvalue weighted by atomic mass is 35.5. The summed E-state index contributed by atoms with van der Waals surface area (Å²) >= 11 is 7.74. The number of thiocarbonyl (C=S) groups is 1. The van der Waals surface area contributed by atoms with Crippen molar-refractivity contribution in [1.29, 1.82) is 0 Å². The molecule has 8 heteroatoms. The summed E-state index contributed by atoms with van der Waals surface area (Å²) < 4.78 is 0. The van der Waals surface area contributed by atoms with Gasteiger partial charge in [-0.1, -0.05) is 12.2 Å². The Morgan fingerprint density at radius 2 is 1.76 bits per heavy atom. The molecule has 0 N–H and O–H groups in total. The van der Waals surface area contributed by atoms with Gasteiger partial charge >= 0.3 is 0 Å². The van der Waals surface area contributed by atoms with Crippen LogP contribution in [-0.4, -0.2) is 70.6 Å². The Kier molecular flexibility index (Phi) is 8.24. The van der Waals surface area contributed by atoms with E-state index in [9.17, 15) is 0 Å². The van der Waals surface area contributed by atoms with Crippen molar-refractivity contribution < 1.29 is 0 Å². The molecule has 0 aliphatic carbocycles. The van der Waals surface area contributed by atoms with E-state index in [2.05, 4.69) is 37.7 Å². The lowest BCUT2D eigenvalue weighted by Gasteiger charge is -2.34. The summed E-state index contributed by atoms with van der Waals surface area (Å²) in [6.07, 6.45) is 8.48. The fourth-order valence-corrected chi connectivity index (χ4v) is 5.62. The molecule has 0 spiro atoms. The maximum Gasteiger partial charge on any atom is 0.225 e. The first kappa shape index (κ1) is 22.4. The molecule has 0 atom stereocenters. The van der Waals surface area contributed by atoms with Crippen LogP contribution in [0.1, 0.15) is 34.6 Å². The van der Waals surface area contributed by atoms with Crippen LogP contribution in [0.5, 0.6) is 0 Å². The summed E-state index contributed by atoms with van der Waals surface area (Å²) in [5.41, 5.74) is 1.33.